The first kappa shape index (κ1) is 13.9. The Morgan fingerprint density at radius 1 is 1.26 bits per heavy atom. The number of aromatic nitrogens is 2. The van der Waals surface area contributed by atoms with Crippen molar-refractivity contribution in [2.24, 2.45) is 0 Å². The molecule has 1 aromatic carbocycles. The number of pyridine rings is 1. The van der Waals surface area contributed by atoms with Crippen LogP contribution in [0.2, 0.25) is 0 Å². The second-order valence-corrected chi connectivity index (χ2v) is 6.01. The third-order valence-electron chi connectivity index (χ3n) is 4.55. The van der Waals surface area contributed by atoms with E-state index in [4.69, 9.17) is 0 Å². The molecule has 1 aliphatic carbocycles. The Morgan fingerprint density at radius 2 is 2.04 bits per heavy atom. The Balaban J connectivity index is 1.58. The average molecular weight is 309 g/mol. The summed E-state index contributed by atoms with van der Waals surface area (Å²) in [6, 6.07) is 8.41. The van der Waals surface area contributed by atoms with Gasteiger partial charge in [0, 0.05) is 36.0 Å². The molecule has 3 aromatic rings. The summed E-state index contributed by atoms with van der Waals surface area (Å²) in [4.78, 5) is 19.7. The first-order valence-corrected chi connectivity index (χ1v) is 7.63. The molecule has 4 rings (SSSR count). The van der Waals surface area contributed by atoms with E-state index in [0.29, 0.717) is 6.54 Å². The number of hydrogen-bond donors (Lipinski definition) is 2. The Morgan fingerprint density at radius 3 is 2.78 bits per heavy atom. The van der Waals surface area contributed by atoms with E-state index >= 15 is 0 Å². The van der Waals surface area contributed by atoms with Crippen molar-refractivity contribution < 1.29 is 9.18 Å². The average Bonchev–Trinajstić information content (AvgIpc) is 3.28. The third kappa shape index (κ3) is 2.38. The number of hydrogen-bond acceptors (Lipinski definition) is 2. The lowest BCUT2D eigenvalue weighted by Crippen LogP contribution is -2.34. The highest BCUT2D eigenvalue weighted by Gasteiger charge is 2.52. The summed E-state index contributed by atoms with van der Waals surface area (Å²) in [6.07, 6.45) is 6.90. The van der Waals surface area contributed by atoms with E-state index in [-0.39, 0.29) is 11.7 Å². The number of benzene rings is 1. The van der Waals surface area contributed by atoms with Crippen LogP contribution in [-0.4, -0.2) is 15.9 Å². The van der Waals surface area contributed by atoms with Gasteiger partial charge in [-0.2, -0.15) is 0 Å². The second-order valence-electron chi connectivity index (χ2n) is 6.01. The predicted molar refractivity (Wildman–Crippen MR) is 85.3 cm³/mol. The van der Waals surface area contributed by atoms with E-state index in [1.54, 1.807) is 18.5 Å². The van der Waals surface area contributed by atoms with Crippen LogP contribution in [0.4, 0.5) is 4.39 Å². The number of carbonyl (C=O) groups is 1. The summed E-state index contributed by atoms with van der Waals surface area (Å²) in [6.45, 7) is 0.486. The molecule has 0 unspecified atom stereocenters. The summed E-state index contributed by atoms with van der Waals surface area (Å²) in [7, 11) is 0. The standard InChI is InChI=1S/C18H16FN3O/c19-13-1-2-14-15(11-21-16(14)9-13)18(5-6-18)17(23)22-10-12-3-7-20-8-4-12/h1-4,7-9,11,21H,5-6,10H2,(H,22,23). The maximum Gasteiger partial charge on any atom is 0.231 e. The highest BCUT2D eigenvalue weighted by molar-refractivity contribution is 5.97. The van der Waals surface area contributed by atoms with Gasteiger partial charge in [0.2, 0.25) is 5.91 Å². The van der Waals surface area contributed by atoms with Crippen molar-refractivity contribution in [3.05, 3.63) is 65.9 Å². The van der Waals surface area contributed by atoms with Crippen molar-refractivity contribution >= 4 is 16.8 Å². The molecule has 116 valence electrons. The number of amides is 1. The first-order valence-electron chi connectivity index (χ1n) is 7.63. The monoisotopic (exact) mass is 309 g/mol. The van der Waals surface area contributed by atoms with Crippen LogP contribution in [0.25, 0.3) is 10.9 Å². The summed E-state index contributed by atoms with van der Waals surface area (Å²) in [5.74, 6) is -0.252. The van der Waals surface area contributed by atoms with Crippen molar-refractivity contribution in [1.29, 1.82) is 0 Å². The van der Waals surface area contributed by atoms with Crippen molar-refractivity contribution in [2.45, 2.75) is 24.8 Å². The van der Waals surface area contributed by atoms with Gasteiger partial charge in [0.15, 0.2) is 0 Å². The van der Waals surface area contributed by atoms with Crippen molar-refractivity contribution in [3.63, 3.8) is 0 Å². The van der Waals surface area contributed by atoms with Crippen LogP contribution >= 0.6 is 0 Å². The van der Waals surface area contributed by atoms with Gasteiger partial charge in [0.05, 0.1) is 5.41 Å². The number of carbonyl (C=O) groups excluding carboxylic acids is 1. The van der Waals surface area contributed by atoms with Crippen LogP contribution in [0.1, 0.15) is 24.0 Å². The van der Waals surface area contributed by atoms with Gasteiger partial charge in [-0.25, -0.2) is 4.39 Å². The number of H-pyrrole nitrogens is 1. The summed E-state index contributed by atoms with van der Waals surface area (Å²) in [5.41, 5.74) is 2.22. The van der Waals surface area contributed by atoms with Gasteiger partial charge in [-0.15, -0.1) is 0 Å². The van der Waals surface area contributed by atoms with E-state index in [2.05, 4.69) is 15.3 Å². The number of aromatic amines is 1. The molecule has 0 radical (unpaired) electrons. The van der Waals surface area contributed by atoms with E-state index in [9.17, 15) is 9.18 Å². The van der Waals surface area contributed by atoms with Gasteiger partial charge in [-0.05, 0) is 54.3 Å². The number of nitrogens with one attached hydrogen (secondary N) is 2. The van der Waals surface area contributed by atoms with Gasteiger partial charge < -0.3 is 10.3 Å². The minimum Gasteiger partial charge on any atom is -0.361 e. The number of rotatable bonds is 4. The number of fused-ring (bicyclic) bond motifs is 1. The third-order valence-corrected chi connectivity index (χ3v) is 4.55. The Hall–Kier alpha value is -2.69. The van der Waals surface area contributed by atoms with Gasteiger partial charge >= 0.3 is 0 Å². The van der Waals surface area contributed by atoms with E-state index in [1.807, 2.05) is 18.3 Å². The molecule has 1 saturated carbocycles. The summed E-state index contributed by atoms with van der Waals surface area (Å²) < 4.78 is 13.3. The van der Waals surface area contributed by atoms with Crippen LogP contribution in [0.3, 0.4) is 0 Å². The molecule has 1 fully saturated rings. The zero-order chi connectivity index (χ0) is 15.9. The van der Waals surface area contributed by atoms with E-state index in [0.717, 1.165) is 34.9 Å². The minimum atomic E-state index is -0.483. The lowest BCUT2D eigenvalue weighted by atomic mass is 9.94. The molecule has 1 amide bonds. The Labute approximate surface area is 132 Å². The molecule has 0 atom stereocenters. The molecule has 23 heavy (non-hydrogen) atoms. The number of halogens is 1. The zero-order valence-corrected chi connectivity index (χ0v) is 12.5. The van der Waals surface area contributed by atoms with Crippen LogP contribution in [0, 0.1) is 5.82 Å². The molecule has 2 aromatic heterocycles. The fraction of sp³-hybridized carbons (Fsp3) is 0.222. The Kier molecular flexibility index (Phi) is 3.15. The lowest BCUT2D eigenvalue weighted by molar-refractivity contribution is -0.123. The van der Waals surface area contributed by atoms with Crippen LogP contribution in [-0.2, 0) is 16.8 Å². The SMILES string of the molecule is O=C(NCc1ccncc1)C1(c2c[nH]c3cc(F)ccc23)CC1. The normalized spacial score (nSPS) is 15.5. The van der Waals surface area contributed by atoms with Crippen molar-refractivity contribution in [2.75, 3.05) is 0 Å². The van der Waals surface area contributed by atoms with Crippen LogP contribution < -0.4 is 5.32 Å². The molecule has 0 bridgehead atoms. The van der Waals surface area contributed by atoms with Crippen LogP contribution in [0.15, 0.2) is 48.9 Å². The summed E-state index contributed by atoms with van der Waals surface area (Å²) in [5, 5.41) is 3.93. The van der Waals surface area contributed by atoms with Gasteiger partial charge in [-0.1, -0.05) is 0 Å². The highest BCUT2D eigenvalue weighted by atomic mass is 19.1. The van der Waals surface area contributed by atoms with E-state index in [1.165, 1.54) is 12.1 Å². The maximum atomic E-state index is 13.3. The lowest BCUT2D eigenvalue weighted by Gasteiger charge is -2.15. The molecular weight excluding hydrogens is 293 g/mol. The second kappa shape index (κ2) is 5.19. The van der Waals surface area contributed by atoms with E-state index < -0.39 is 5.41 Å². The molecule has 2 heterocycles. The fourth-order valence-electron chi connectivity index (χ4n) is 3.09. The van der Waals surface area contributed by atoms with Gasteiger partial charge in [0.1, 0.15) is 5.82 Å². The Bertz CT molecular complexity index is 868. The minimum absolute atomic E-state index is 0.0273. The summed E-state index contributed by atoms with van der Waals surface area (Å²) >= 11 is 0. The van der Waals surface area contributed by atoms with Gasteiger partial charge in [-0.3, -0.25) is 9.78 Å². The van der Waals surface area contributed by atoms with Crippen LogP contribution in [0.5, 0.6) is 0 Å². The fourth-order valence-corrected chi connectivity index (χ4v) is 3.09. The highest BCUT2D eigenvalue weighted by Crippen LogP contribution is 2.50. The molecule has 0 saturated heterocycles. The maximum absolute atomic E-state index is 13.3. The molecule has 0 aliphatic heterocycles. The smallest absolute Gasteiger partial charge is 0.231 e. The molecular formula is C18H16FN3O. The molecule has 4 nitrogen and oxygen atoms in total. The number of nitrogens with zero attached hydrogens (tertiary/aromatic N) is 1. The zero-order valence-electron chi connectivity index (χ0n) is 12.5. The molecule has 2 N–H and O–H groups in total. The molecule has 0 spiro atoms. The molecule has 5 heteroatoms. The van der Waals surface area contributed by atoms with Crippen molar-refractivity contribution in [1.82, 2.24) is 15.3 Å². The molecule has 1 aliphatic rings. The quantitative estimate of drug-likeness (QED) is 0.778. The van der Waals surface area contributed by atoms with Crippen molar-refractivity contribution in [3.8, 4) is 0 Å². The predicted octanol–water partition coefficient (Wildman–Crippen LogP) is 3.05. The first-order chi connectivity index (χ1) is 11.2. The topological polar surface area (TPSA) is 57.8 Å². The largest absolute Gasteiger partial charge is 0.361 e. The van der Waals surface area contributed by atoms with Gasteiger partial charge in [0.25, 0.3) is 0 Å².